The number of cyclic esters (lactones) is 1. The molecule has 0 aliphatic carbocycles. The van der Waals surface area contributed by atoms with Crippen LogP contribution in [-0.2, 0) is 14.9 Å². The minimum Gasteiger partial charge on any atom is -0.496 e. The predicted octanol–water partition coefficient (Wildman–Crippen LogP) is 5.28. The van der Waals surface area contributed by atoms with E-state index in [2.05, 4.69) is 25.7 Å². The topological polar surface area (TPSA) is 137 Å². The van der Waals surface area contributed by atoms with E-state index in [1.165, 1.54) is 37.6 Å². The largest absolute Gasteiger partial charge is 0.496 e. The van der Waals surface area contributed by atoms with Crippen molar-refractivity contribution in [3.8, 4) is 5.75 Å². The van der Waals surface area contributed by atoms with Crippen LogP contribution >= 0.6 is 39.1 Å². The van der Waals surface area contributed by atoms with Crippen molar-refractivity contribution in [2.75, 3.05) is 25.0 Å². The highest BCUT2D eigenvalue weighted by atomic mass is 79.9. The van der Waals surface area contributed by atoms with Gasteiger partial charge in [0, 0.05) is 22.3 Å². The number of ether oxygens (including phenoxy) is 2. The summed E-state index contributed by atoms with van der Waals surface area (Å²) >= 11 is 15.8. The summed E-state index contributed by atoms with van der Waals surface area (Å²) in [6.07, 6.45) is 1.43. The summed E-state index contributed by atoms with van der Waals surface area (Å²) in [6.45, 7) is -0.442. The van der Waals surface area contributed by atoms with Crippen LogP contribution in [-0.4, -0.2) is 60.3 Å². The number of halogens is 4. The SMILES string of the molecule is COc1ccc(NS(=O)(=O)N2CCOC2=O)c(F)c1C(=O)c1cn(C(=O)c2c(Cl)cccc2Cl)c2ncc(Br)cc12. The number of hydrogen-bond donors (Lipinski definition) is 1. The fraction of sp³-hybridized carbons (Fsp3) is 0.120. The third-order valence-corrected chi connectivity index (χ3v) is 8.51. The first-order valence-electron chi connectivity index (χ1n) is 11.5. The Hall–Kier alpha value is -3.72. The van der Waals surface area contributed by atoms with E-state index < -0.39 is 45.1 Å². The van der Waals surface area contributed by atoms with Crippen molar-refractivity contribution in [2.45, 2.75) is 0 Å². The van der Waals surface area contributed by atoms with Gasteiger partial charge in [-0.1, -0.05) is 29.3 Å². The predicted molar refractivity (Wildman–Crippen MR) is 151 cm³/mol. The number of carbonyl (C=O) groups is 3. The zero-order valence-electron chi connectivity index (χ0n) is 20.7. The van der Waals surface area contributed by atoms with Gasteiger partial charge >= 0.3 is 16.3 Å². The molecule has 0 bridgehead atoms. The van der Waals surface area contributed by atoms with E-state index in [0.717, 1.165) is 16.8 Å². The van der Waals surface area contributed by atoms with Gasteiger partial charge in [0.15, 0.2) is 5.82 Å². The second kappa shape index (κ2) is 10.9. The Morgan fingerprint density at radius 1 is 1.17 bits per heavy atom. The number of aromatic nitrogens is 2. The summed E-state index contributed by atoms with van der Waals surface area (Å²) in [5.74, 6) is -3.16. The first-order chi connectivity index (χ1) is 19.4. The van der Waals surface area contributed by atoms with Gasteiger partial charge in [-0.2, -0.15) is 12.7 Å². The van der Waals surface area contributed by atoms with Crippen molar-refractivity contribution in [3.05, 3.63) is 85.8 Å². The third-order valence-electron chi connectivity index (χ3n) is 6.05. The summed E-state index contributed by atoms with van der Waals surface area (Å²) in [5, 5.41) is 0.279. The monoisotopic (exact) mass is 684 g/mol. The van der Waals surface area contributed by atoms with Crippen LogP contribution in [0.4, 0.5) is 14.9 Å². The van der Waals surface area contributed by atoms with Crippen molar-refractivity contribution < 1.29 is 36.7 Å². The van der Waals surface area contributed by atoms with Gasteiger partial charge in [-0.05, 0) is 46.3 Å². The molecule has 1 fully saturated rings. The van der Waals surface area contributed by atoms with Gasteiger partial charge in [0.2, 0.25) is 5.78 Å². The highest BCUT2D eigenvalue weighted by Crippen LogP contribution is 2.34. The minimum atomic E-state index is -4.57. The van der Waals surface area contributed by atoms with Crippen molar-refractivity contribution in [1.82, 2.24) is 13.9 Å². The lowest BCUT2D eigenvalue weighted by atomic mass is 10.0. The highest BCUT2D eigenvalue weighted by molar-refractivity contribution is 9.10. The molecule has 1 amide bonds. The van der Waals surface area contributed by atoms with Crippen LogP contribution in [0.3, 0.4) is 0 Å². The molecule has 1 saturated heterocycles. The van der Waals surface area contributed by atoms with E-state index in [-0.39, 0.29) is 51.1 Å². The Labute approximate surface area is 250 Å². The average molecular weight is 686 g/mol. The lowest BCUT2D eigenvalue weighted by Gasteiger charge is -2.17. The summed E-state index contributed by atoms with van der Waals surface area (Å²) < 4.78 is 55.0. The summed E-state index contributed by atoms with van der Waals surface area (Å²) in [4.78, 5) is 43.5. The molecule has 0 spiro atoms. The van der Waals surface area contributed by atoms with Gasteiger partial charge in [-0.25, -0.2) is 14.2 Å². The molecular weight excluding hydrogens is 670 g/mol. The summed E-state index contributed by atoms with van der Waals surface area (Å²) in [6, 6.07) is 8.22. The molecule has 1 aliphatic rings. The van der Waals surface area contributed by atoms with Crippen LogP contribution in [0.25, 0.3) is 11.0 Å². The molecule has 0 unspecified atom stereocenters. The van der Waals surface area contributed by atoms with Crippen LogP contribution in [0.2, 0.25) is 10.0 Å². The summed E-state index contributed by atoms with van der Waals surface area (Å²) in [5.41, 5.74) is -1.43. The number of rotatable bonds is 7. The molecule has 11 nitrogen and oxygen atoms in total. The molecule has 0 saturated carbocycles. The number of carbonyl (C=O) groups excluding carboxylic acids is 3. The third kappa shape index (κ3) is 5.12. The molecule has 1 N–H and O–H groups in total. The maximum Gasteiger partial charge on any atom is 0.425 e. The fourth-order valence-electron chi connectivity index (χ4n) is 4.19. The number of fused-ring (bicyclic) bond motifs is 1. The van der Waals surface area contributed by atoms with Gasteiger partial charge in [-0.3, -0.25) is 18.9 Å². The summed E-state index contributed by atoms with van der Waals surface area (Å²) in [7, 11) is -3.38. The van der Waals surface area contributed by atoms with Crippen molar-refractivity contribution in [3.63, 3.8) is 0 Å². The molecule has 2 aromatic heterocycles. The normalized spacial score (nSPS) is 13.4. The number of anilines is 1. The van der Waals surface area contributed by atoms with Crippen LogP contribution < -0.4 is 9.46 Å². The Morgan fingerprint density at radius 3 is 2.51 bits per heavy atom. The number of amides is 1. The standard InChI is InChI=1S/C25H16BrCl2FN4O7S/c1-39-18-6-5-17(31-41(37,38)33-7-8-40-25(33)36)21(29)20(18)22(34)14-11-32(23-13(14)9-12(26)10-30-23)24(35)19-15(27)3-2-4-16(19)28/h2-6,9-11,31H,7-8H2,1H3. The molecule has 4 aromatic rings. The van der Waals surface area contributed by atoms with E-state index in [1.807, 2.05) is 4.72 Å². The number of methoxy groups -OCH3 is 1. The first kappa shape index (κ1) is 28.8. The number of hydrogen-bond acceptors (Lipinski definition) is 8. The second-order valence-corrected chi connectivity index (χ2v) is 11.8. The number of benzene rings is 2. The zero-order valence-corrected chi connectivity index (χ0v) is 24.6. The zero-order chi connectivity index (χ0) is 29.6. The molecule has 41 heavy (non-hydrogen) atoms. The van der Waals surface area contributed by atoms with Gasteiger partial charge < -0.3 is 9.47 Å². The van der Waals surface area contributed by atoms with Crippen molar-refractivity contribution in [1.29, 1.82) is 0 Å². The van der Waals surface area contributed by atoms with E-state index >= 15 is 4.39 Å². The molecule has 0 radical (unpaired) electrons. The molecule has 3 heterocycles. The Bertz CT molecular complexity index is 1860. The van der Waals surface area contributed by atoms with E-state index in [0.29, 0.717) is 8.78 Å². The Morgan fingerprint density at radius 2 is 1.88 bits per heavy atom. The van der Waals surface area contributed by atoms with Crippen LogP contribution in [0.1, 0.15) is 26.3 Å². The molecule has 2 aromatic carbocycles. The second-order valence-electron chi connectivity index (χ2n) is 8.47. The minimum absolute atomic E-state index is 0.0429. The molecule has 1 aliphatic heterocycles. The van der Waals surface area contributed by atoms with Gasteiger partial charge in [0.1, 0.15) is 23.6 Å². The van der Waals surface area contributed by atoms with E-state index in [4.69, 9.17) is 27.9 Å². The molecule has 16 heteroatoms. The van der Waals surface area contributed by atoms with E-state index in [1.54, 1.807) is 6.07 Å². The van der Waals surface area contributed by atoms with Crippen LogP contribution in [0.15, 0.2) is 53.3 Å². The lowest BCUT2D eigenvalue weighted by Crippen LogP contribution is -2.36. The number of nitrogens with one attached hydrogen (secondary N) is 1. The molecule has 0 atom stereocenters. The van der Waals surface area contributed by atoms with Crippen LogP contribution in [0, 0.1) is 5.82 Å². The molecular formula is C25H16BrCl2FN4O7S. The van der Waals surface area contributed by atoms with Gasteiger partial charge in [-0.15, -0.1) is 0 Å². The average Bonchev–Trinajstić information content (AvgIpc) is 3.53. The first-order valence-corrected chi connectivity index (χ1v) is 14.5. The van der Waals surface area contributed by atoms with Crippen molar-refractivity contribution in [2.24, 2.45) is 0 Å². The maximum atomic E-state index is 15.9. The quantitative estimate of drug-likeness (QED) is 0.260. The Balaban J connectivity index is 1.64. The molecule has 212 valence electrons. The van der Waals surface area contributed by atoms with Gasteiger partial charge in [0.05, 0.1) is 40.5 Å². The smallest absolute Gasteiger partial charge is 0.425 e. The highest BCUT2D eigenvalue weighted by Gasteiger charge is 2.35. The fourth-order valence-corrected chi connectivity index (χ4v) is 6.19. The number of nitrogens with zero attached hydrogens (tertiary/aromatic N) is 3. The van der Waals surface area contributed by atoms with Gasteiger partial charge in [0.25, 0.3) is 5.91 Å². The van der Waals surface area contributed by atoms with Crippen molar-refractivity contribution >= 4 is 83.8 Å². The maximum absolute atomic E-state index is 15.9. The van der Waals surface area contributed by atoms with E-state index in [9.17, 15) is 22.8 Å². The Kier molecular flexibility index (Phi) is 7.68. The molecule has 5 rings (SSSR count). The lowest BCUT2D eigenvalue weighted by molar-refractivity contribution is 0.0964. The number of pyridine rings is 1. The number of ketones is 1. The van der Waals surface area contributed by atoms with Crippen LogP contribution in [0.5, 0.6) is 5.75 Å².